The van der Waals surface area contributed by atoms with Gasteiger partial charge in [-0.05, 0) is 45.7 Å². The first-order valence-corrected chi connectivity index (χ1v) is 8.09. The molecule has 0 unspecified atom stereocenters. The SMILES string of the molecule is CN(c1ccc(C(F)(F)F)nn1)C1CCN(C(=O)OC(C)(C)C)CC1. The van der Waals surface area contributed by atoms with Gasteiger partial charge in [0.15, 0.2) is 11.5 Å². The average Bonchev–Trinajstić information content (AvgIpc) is 2.52. The number of nitrogens with zero attached hydrogens (tertiary/aromatic N) is 4. The summed E-state index contributed by atoms with van der Waals surface area (Å²) in [5.74, 6) is 0.378. The van der Waals surface area contributed by atoms with Gasteiger partial charge in [0.25, 0.3) is 0 Å². The molecule has 0 N–H and O–H groups in total. The van der Waals surface area contributed by atoms with Gasteiger partial charge in [-0.3, -0.25) is 0 Å². The molecule has 9 heteroatoms. The number of rotatable bonds is 2. The summed E-state index contributed by atoms with van der Waals surface area (Å²) in [6.45, 7) is 6.49. The van der Waals surface area contributed by atoms with Gasteiger partial charge in [0.1, 0.15) is 5.60 Å². The van der Waals surface area contributed by atoms with Crippen LogP contribution in [-0.4, -0.2) is 53.0 Å². The van der Waals surface area contributed by atoms with Gasteiger partial charge in [0, 0.05) is 26.2 Å². The summed E-state index contributed by atoms with van der Waals surface area (Å²) in [5, 5.41) is 6.92. The Labute approximate surface area is 145 Å². The maximum absolute atomic E-state index is 12.5. The van der Waals surface area contributed by atoms with Crippen LogP contribution in [0.2, 0.25) is 0 Å². The van der Waals surface area contributed by atoms with Crippen LogP contribution in [-0.2, 0) is 10.9 Å². The highest BCUT2D eigenvalue weighted by molar-refractivity contribution is 5.68. The summed E-state index contributed by atoms with van der Waals surface area (Å²) in [4.78, 5) is 15.5. The number of alkyl halides is 3. The van der Waals surface area contributed by atoms with Gasteiger partial charge in [-0.15, -0.1) is 10.2 Å². The Morgan fingerprint density at radius 3 is 2.24 bits per heavy atom. The lowest BCUT2D eigenvalue weighted by molar-refractivity contribution is -0.141. The minimum Gasteiger partial charge on any atom is -0.444 e. The third-order valence-electron chi connectivity index (χ3n) is 3.97. The number of aromatic nitrogens is 2. The van der Waals surface area contributed by atoms with Gasteiger partial charge < -0.3 is 14.5 Å². The maximum Gasteiger partial charge on any atom is 0.435 e. The summed E-state index contributed by atoms with van der Waals surface area (Å²) in [6.07, 6.45) is -3.48. The highest BCUT2D eigenvalue weighted by atomic mass is 19.4. The molecule has 1 aliphatic rings. The second-order valence-electron chi connectivity index (χ2n) is 7.08. The summed E-state index contributed by atoms with van der Waals surface area (Å²) in [6, 6.07) is 2.31. The molecule has 0 aliphatic carbocycles. The second kappa shape index (κ2) is 7.05. The van der Waals surface area contributed by atoms with Crippen LogP contribution in [0.4, 0.5) is 23.8 Å². The molecule has 2 rings (SSSR count). The fourth-order valence-electron chi connectivity index (χ4n) is 2.61. The zero-order chi connectivity index (χ0) is 18.8. The van der Waals surface area contributed by atoms with E-state index in [0.29, 0.717) is 31.7 Å². The standard InChI is InChI=1S/C16H23F3N4O2/c1-15(2,3)25-14(24)23-9-7-11(8-10-23)22(4)13-6-5-12(20-21-13)16(17,18)19/h5-6,11H,7-10H2,1-4H3. The highest BCUT2D eigenvalue weighted by Crippen LogP contribution is 2.28. The van der Waals surface area contributed by atoms with E-state index in [9.17, 15) is 18.0 Å². The number of hydrogen-bond acceptors (Lipinski definition) is 5. The number of halogens is 3. The molecule has 140 valence electrons. The normalized spacial score (nSPS) is 16.7. The van der Waals surface area contributed by atoms with Gasteiger partial charge in [-0.1, -0.05) is 0 Å². The molecular weight excluding hydrogens is 337 g/mol. The van der Waals surface area contributed by atoms with Crippen LogP contribution in [0.15, 0.2) is 12.1 Å². The molecule has 0 saturated carbocycles. The number of piperidine rings is 1. The van der Waals surface area contributed by atoms with Crippen molar-refractivity contribution in [3.63, 3.8) is 0 Å². The first kappa shape index (κ1) is 19.3. The highest BCUT2D eigenvalue weighted by Gasteiger charge is 2.33. The molecule has 1 aromatic heterocycles. The monoisotopic (exact) mass is 360 g/mol. The smallest absolute Gasteiger partial charge is 0.435 e. The molecule has 1 saturated heterocycles. The van der Waals surface area contributed by atoms with E-state index in [4.69, 9.17) is 4.74 Å². The van der Waals surface area contributed by atoms with Crippen molar-refractivity contribution in [2.75, 3.05) is 25.0 Å². The Morgan fingerprint density at radius 1 is 1.20 bits per heavy atom. The van der Waals surface area contributed by atoms with Crippen LogP contribution in [0.1, 0.15) is 39.3 Å². The van der Waals surface area contributed by atoms with E-state index >= 15 is 0 Å². The predicted octanol–water partition coefficient (Wildman–Crippen LogP) is 3.33. The second-order valence-corrected chi connectivity index (χ2v) is 7.08. The minimum atomic E-state index is -4.50. The topological polar surface area (TPSA) is 58.6 Å². The summed E-state index contributed by atoms with van der Waals surface area (Å²) in [5.41, 5.74) is -1.55. The van der Waals surface area contributed by atoms with Crippen LogP contribution in [0.3, 0.4) is 0 Å². The molecule has 0 bridgehead atoms. The zero-order valence-electron chi connectivity index (χ0n) is 14.8. The zero-order valence-corrected chi connectivity index (χ0v) is 14.8. The molecule has 2 heterocycles. The van der Waals surface area contributed by atoms with E-state index in [1.807, 2.05) is 20.8 Å². The average molecular weight is 360 g/mol. The van der Waals surface area contributed by atoms with E-state index in [-0.39, 0.29) is 12.1 Å². The Hall–Kier alpha value is -2.06. The van der Waals surface area contributed by atoms with Gasteiger partial charge in [-0.2, -0.15) is 13.2 Å². The molecule has 1 aliphatic heterocycles. The molecule has 0 atom stereocenters. The number of likely N-dealkylation sites (tertiary alicyclic amines) is 1. The number of amides is 1. The first-order valence-electron chi connectivity index (χ1n) is 8.09. The quantitative estimate of drug-likeness (QED) is 0.810. The fraction of sp³-hybridized carbons (Fsp3) is 0.688. The lowest BCUT2D eigenvalue weighted by Crippen LogP contribution is -2.47. The lowest BCUT2D eigenvalue weighted by atomic mass is 10.0. The summed E-state index contributed by atoms with van der Waals surface area (Å²) >= 11 is 0. The molecule has 1 aromatic rings. The summed E-state index contributed by atoms with van der Waals surface area (Å²) < 4.78 is 43.0. The van der Waals surface area contributed by atoms with E-state index in [1.54, 1.807) is 16.8 Å². The Morgan fingerprint density at radius 2 is 1.80 bits per heavy atom. The van der Waals surface area contributed by atoms with Crippen molar-refractivity contribution < 1.29 is 22.7 Å². The van der Waals surface area contributed by atoms with Crippen LogP contribution in [0.5, 0.6) is 0 Å². The van der Waals surface area contributed by atoms with Crippen LogP contribution in [0, 0.1) is 0 Å². The molecule has 0 spiro atoms. The molecule has 1 amide bonds. The number of ether oxygens (including phenoxy) is 1. The number of carbonyl (C=O) groups is 1. The van der Waals surface area contributed by atoms with E-state index in [1.165, 1.54) is 6.07 Å². The third-order valence-corrected chi connectivity index (χ3v) is 3.97. The lowest BCUT2D eigenvalue weighted by Gasteiger charge is -2.37. The number of hydrogen-bond donors (Lipinski definition) is 0. The molecule has 6 nitrogen and oxygen atoms in total. The van der Waals surface area contributed by atoms with Crippen molar-refractivity contribution in [3.05, 3.63) is 17.8 Å². The largest absolute Gasteiger partial charge is 0.444 e. The van der Waals surface area contributed by atoms with Gasteiger partial charge in [0.05, 0.1) is 0 Å². The molecule has 0 aromatic carbocycles. The number of carbonyl (C=O) groups excluding carboxylic acids is 1. The minimum absolute atomic E-state index is 0.0738. The van der Waals surface area contributed by atoms with E-state index < -0.39 is 17.5 Å². The summed E-state index contributed by atoms with van der Waals surface area (Å²) in [7, 11) is 1.77. The van der Waals surface area contributed by atoms with Crippen molar-refractivity contribution in [3.8, 4) is 0 Å². The van der Waals surface area contributed by atoms with Crippen molar-refractivity contribution in [1.29, 1.82) is 0 Å². The van der Waals surface area contributed by atoms with Crippen molar-refractivity contribution in [2.24, 2.45) is 0 Å². The van der Waals surface area contributed by atoms with Crippen LogP contribution in [0.25, 0.3) is 0 Å². The predicted molar refractivity (Wildman–Crippen MR) is 86.3 cm³/mol. The molecule has 25 heavy (non-hydrogen) atoms. The van der Waals surface area contributed by atoms with Crippen LogP contribution >= 0.6 is 0 Å². The molecular formula is C16H23F3N4O2. The Kier molecular flexibility index (Phi) is 5.43. The Balaban J connectivity index is 1.93. The van der Waals surface area contributed by atoms with E-state index in [0.717, 1.165) is 6.07 Å². The Bertz CT molecular complexity index is 591. The van der Waals surface area contributed by atoms with Gasteiger partial charge in [0.2, 0.25) is 0 Å². The van der Waals surface area contributed by atoms with Crippen molar-refractivity contribution in [2.45, 2.75) is 51.4 Å². The molecule has 1 fully saturated rings. The molecule has 0 radical (unpaired) electrons. The van der Waals surface area contributed by atoms with Crippen LogP contribution < -0.4 is 4.90 Å². The number of anilines is 1. The first-order chi connectivity index (χ1) is 11.5. The third kappa shape index (κ3) is 5.20. The van der Waals surface area contributed by atoms with Gasteiger partial charge >= 0.3 is 12.3 Å². The van der Waals surface area contributed by atoms with E-state index in [2.05, 4.69) is 10.2 Å². The fourth-order valence-corrected chi connectivity index (χ4v) is 2.61. The van der Waals surface area contributed by atoms with Crippen molar-refractivity contribution >= 4 is 11.9 Å². The van der Waals surface area contributed by atoms with Crippen molar-refractivity contribution in [1.82, 2.24) is 15.1 Å². The van der Waals surface area contributed by atoms with Gasteiger partial charge in [-0.25, -0.2) is 4.79 Å². The maximum atomic E-state index is 12.5.